The van der Waals surface area contributed by atoms with Crippen LogP contribution in [-0.2, 0) is 0 Å². The molecule has 0 aliphatic carbocycles. The number of nitrogens with one attached hydrogen (secondary N) is 1. The normalized spacial score (nSPS) is 12.1. The third-order valence-electron chi connectivity index (χ3n) is 2.31. The summed E-state index contributed by atoms with van der Waals surface area (Å²) in [5, 5.41) is 2.66. The first-order valence-electron chi connectivity index (χ1n) is 5.01. The minimum absolute atomic E-state index is 0.248. The molecule has 6 heteroatoms. The highest BCUT2D eigenvalue weighted by Gasteiger charge is 2.15. The van der Waals surface area contributed by atoms with Gasteiger partial charge in [0.05, 0.1) is 24.0 Å². The highest BCUT2D eigenvalue weighted by Crippen LogP contribution is 2.16. The van der Waals surface area contributed by atoms with E-state index < -0.39 is 6.04 Å². The van der Waals surface area contributed by atoms with Crippen LogP contribution in [-0.4, -0.2) is 14.7 Å². The molecular formula is C11H10FN3OS. The molecule has 1 aromatic heterocycles. The predicted molar refractivity (Wildman–Crippen MR) is 62.2 cm³/mol. The lowest BCUT2D eigenvalue weighted by Crippen LogP contribution is -2.27. The lowest BCUT2D eigenvalue weighted by atomic mass is 10.1. The third-order valence-corrected chi connectivity index (χ3v) is 2.79. The summed E-state index contributed by atoms with van der Waals surface area (Å²) in [7, 11) is 0. The molecule has 88 valence electrons. The maximum Gasteiger partial charge on any atom is 0.273 e. The van der Waals surface area contributed by atoms with Gasteiger partial charge in [-0.05, 0) is 13.0 Å². The summed E-state index contributed by atoms with van der Waals surface area (Å²) < 4.78 is 21.0. The number of amides is 1. The van der Waals surface area contributed by atoms with Crippen molar-refractivity contribution in [2.75, 3.05) is 0 Å². The zero-order chi connectivity index (χ0) is 12.3. The van der Waals surface area contributed by atoms with E-state index in [-0.39, 0.29) is 17.4 Å². The summed E-state index contributed by atoms with van der Waals surface area (Å²) in [4.78, 5) is 11.7. The molecule has 17 heavy (non-hydrogen) atoms. The van der Waals surface area contributed by atoms with Crippen LogP contribution in [0.1, 0.15) is 29.0 Å². The summed E-state index contributed by atoms with van der Waals surface area (Å²) in [6, 6.07) is 5.93. The van der Waals surface area contributed by atoms with Crippen LogP contribution >= 0.6 is 11.7 Å². The van der Waals surface area contributed by atoms with E-state index in [1.54, 1.807) is 25.1 Å². The Morgan fingerprint density at radius 2 is 2.24 bits per heavy atom. The smallest absolute Gasteiger partial charge is 0.273 e. The minimum Gasteiger partial charge on any atom is -0.344 e. The predicted octanol–water partition coefficient (Wildman–Crippen LogP) is 2.17. The summed E-state index contributed by atoms with van der Waals surface area (Å²) in [6.45, 7) is 1.72. The molecule has 0 spiro atoms. The number of halogens is 1. The molecule has 0 fully saturated rings. The van der Waals surface area contributed by atoms with Crippen molar-refractivity contribution >= 4 is 17.6 Å². The summed E-state index contributed by atoms with van der Waals surface area (Å²) >= 11 is 0.959. The zero-order valence-electron chi connectivity index (χ0n) is 9.05. The van der Waals surface area contributed by atoms with Gasteiger partial charge in [0.2, 0.25) is 0 Å². The van der Waals surface area contributed by atoms with Gasteiger partial charge in [-0.15, -0.1) is 0 Å². The Morgan fingerprint density at radius 1 is 1.47 bits per heavy atom. The fourth-order valence-electron chi connectivity index (χ4n) is 1.44. The van der Waals surface area contributed by atoms with Gasteiger partial charge in [-0.3, -0.25) is 4.79 Å². The fourth-order valence-corrected chi connectivity index (χ4v) is 1.85. The SMILES string of the molecule is CC(NC(=O)c1cnsn1)c1ccccc1F. The van der Waals surface area contributed by atoms with Gasteiger partial charge in [0.25, 0.3) is 5.91 Å². The molecule has 2 aromatic rings. The molecule has 4 nitrogen and oxygen atoms in total. The molecule has 1 amide bonds. The lowest BCUT2D eigenvalue weighted by Gasteiger charge is -2.13. The summed E-state index contributed by atoms with van der Waals surface area (Å²) in [6.07, 6.45) is 1.38. The number of benzene rings is 1. The lowest BCUT2D eigenvalue weighted by molar-refractivity contribution is 0.0935. The van der Waals surface area contributed by atoms with Crippen LogP contribution < -0.4 is 5.32 Å². The molecule has 2 rings (SSSR count). The monoisotopic (exact) mass is 251 g/mol. The van der Waals surface area contributed by atoms with E-state index >= 15 is 0 Å². The summed E-state index contributed by atoms with van der Waals surface area (Å²) in [5.74, 6) is -0.689. The number of rotatable bonds is 3. The maximum atomic E-state index is 13.5. The van der Waals surface area contributed by atoms with Crippen molar-refractivity contribution in [1.82, 2.24) is 14.1 Å². The molecule has 0 radical (unpaired) electrons. The van der Waals surface area contributed by atoms with E-state index in [1.807, 2.05) is 0 Å². The molecule has 0 saturated heterocycles. The molecule has 0 aliphatic rings. The molecule has 1 atom stereocenters. The molecule has 1 unspecified atom stereocenters. The van der Waals surface area contributed by atoms with Gasteiger partial charge in [-0.25, -0.2) is 4.39 Å². The van der Waals surface area contributed by atoms with Crippen LogP contribution in [0.2, 0.25) is 0 Å². The van der Waals surface area contributed by atoms with Crippen LogP contribution in [0.4, 0.5) is 4.39 Å². The first-order chi connectivity index (χ1) is 8.18. The van der Waals surface area contributed by atoms with E-state index in [9.17, 15) is 9.18 Å². The molecule has 1 aromatic carbocycles. The van der Waals surface area contributed by atoms with Gasteiger partial charge < -0.3 is 5.32 Å². The molecule has 0 aliphatic heterocycles. The molecule has 0 saturated carbocycles. The van der Waals surface area contributed by atoms with Crippen molar-refractivity contribution in [3.63, 3.8) is 0 Å². The highest BCUT2D eigenvalue weighted by molar-refractivity contribution is 6.99. The Kier molecular flexibility index (Phi) is 3.43. The number of hydrogen-bond acceptors (Lipinski definition) is 4. The van der Waals surface area contributed by atoms with E-state index in [4.69, 9.17) is 0 Å². The second-order valence-corrected chi connectivity index (χ2v) is 4.07. The standard InChI is InChI=1S/C11H10FN3OS/c1-7(8-4-2-3-5-9(8)12)14-11(16)10-6-13-17-15-10/h2-7H,1H3,(H,14,16). The number of aromatic nitrogens is 2. The Labute approximate surface area is 102 Å². The van der Waals surface area contributed by atoms with Gasteiger partial charge in [0.15, 0.2) is 5.69 Å². The molecular weight excluding hydrogens is 241 g/mol. The maximum absolute atomic E-state index is 13.5. The van der Waals surface area contributed by atoms with Crippen molar-refractivity contribution in [3.05, 3.63) is 47.5 Å². The topological polar surface area (TPSA) is 54.9 Å². The average Bonchev–Trinajstić information content (AvgIpc) is 2.82. The summed E-state index contributed by atoms with van der Waals surface area (Å²) in [5.41, 5.74) is 0.697. The van der Waals surface area contributed by atoms with E-state index in [0.29, 0.717) is 5.56 Å². The van der Waals surface area contributed by atoms with Crippen molar-refractivity contribution < 1.29 is 9.18 Å². The van der Waals surface area contributed by atoms with Gasteiger partial charge in [-0.1, -0.05) is 18.2 Å². The van der Waals surface area contributed by atoms with Crippen molar-refractivity contribution in [1.29, 1.82) is 0 Å². The molecule has 1 heterocycles. The Hall–Kier alpha value is -1.82. The number of nitrogens with zero attached hydrogens (tertiary/aromatic N) is 2. The van der Waals surface area contributed by atoms with Crippen LogP contribution in [0.25, 0.3) is 0 Å². The van der Waals surface area contributed by atoms with Crippen LogP contribution in [0.15, 0.2) is 30.5 Å². The second-order valence-electron chi connectivity index (χ2n) is 3.51. The first-order valence-corrected chi connectivity index (χ1v) is 5.74. The Bertz CT molecular complexity index is 515. The second kappa shape index (κ2) is 5.01. The van der Waals surface area contributed by atoms with Crippen LogP contribution in [0.3, 0.4) is 0 Å². The van der Waals surface area contributed by atoms with Crippen LogP contribution in [0.5, 0.6) is 0 Å². The number of carbonyl (C=O) groups excluding carboxylic acids is 1. The molecule has 1 N–H and O–H groups in total. The molecule has 0 bridgehead atoms. The largest absolute Gasteiger partial charge is 0.344 e. The minimum atomic E-state index is -0.412. The highest BCUT2D eigenvalue weighted by atomic mass is 32.1. The average molecular weight is 251 g/mol. The zero-order valence-corrected chi connectivity index (χ0v) is 9.87. The van der Waals surface area contributed by atoms with E-state index in [1.165, 1.54) is 12.3 Å². The van der Waals surface area contributed by atoms with Gasteiger partial charge >= 0.3 is 0 Å². The van der Waals surface area contributed by atoms with Crippen molar-refractivity contribution in [2.45, 2.75) is 13.0 Å². The Morgan fingerprint density at radius 3 is 2.88 bits per heavy atom. The Balaban J connectivity index is 2.10. The van der Waals surface area contributed by atoms with Gasteiger partial charge in [0, 0.05) is 5.56 Å². The van der Waals surface area contributed by atoms with Gasteiger partial charge in [-0.2, -0.15) is 8.75 Å². The first kappa shape index (κ1) is 11.7. The number of carbonyl (C=O) groups is 1. The van der Waals surface area contributed by atoms with Crippen molar-refractivity contribution in [3.8, 4) is 0 Å². The quantitative estimate of drug-likeness (QED) is 0.909. The van der Waals surface area contributed by atoms with E-state index in [2.05, 4.69) is 14.1 Å². The number of hydrogen-bond donors (Lipinski definition) is 1. The van der Waals surface area contributed by atoms with Crippen molar-refractivity contribution in [2.24, 2.45) is 0 Å². The third kappa shape index (κ3) is 2.65. The van der Waals surface area contributed by atoms with Crippen LogP contribution in [0, 0.1) is 5.82 Å². The van der Waals surface area contributed by atoms with Gasteiger partial charge in [0.1, 0.15) is 5.82 Å². The van der Waals surface area contributed by atoms with E-state index in [0.717, 1.165) is 11.7 Å². The fraction of sp³-hybridized carbons (Fsp3) is 0.182.